The Bertz CT molecular complexity index is 537. The molecule has 2 N–H and O–H groups in total. The number of halogens is 1. The molecule has 0 bridgehead atoms. The number of amides is 1. The predicted molar refractivity (Wildman–Crippen MR) is 81.8 cm³/mol. The van der Waals surface area contributed by atoms with Gasteiger partial charge in [-0.25, -0.2) is 4.79 Å². The van der Waals surface area contributed by atoms with E-state index in [9.17, 15) is 9.59 Å². The van der Waals surface area contributed by atoms with Crippen LogP contribution in [0.2, 0.25) is 5.02 Å². The number of carbonyl (C=O) groups excluding carboxylic acids is 1. The van der Waals surface area contributed by atoms with Crippen LogP contribution in [0.1, 0.15) is 33.3 Å². The molecule has 0 aliphatic heterocycles. The first-order chi connectivity index (χ1) is 9.58. The molecule has 1 atom stereocenters. The zero-order valence-corrected chi connectivity index (χ0v) is 13.3. The van der Waals surface area contributed by atoms with Crippen molar-refractivity contribution in [3.63, 3.8) is 0 Å². The lowest BCUT2D eigenvalue weighted by atomic mass is 10.0. The van der Waals surface area contributed by atoms with Crippen molar-refractivity contribution in [2.75, 3.05) is 5.32 Å². The van der Waals surface area contributed by atoms with E-state index in [0.29, 0.717) is 16.3 Å². The molecule has 0 heterocycles. The van der Waals surface area contributed by atoms with E-state index in [4.69, 9.17) is 21.4 Å². The summed E-state index contributed by atoms with van der Waals surface area (Å²) in [6.45, 7) is 6.92. The van der Waals surface area contributed by atoms with E-state index >= 15 is 0 Å². The lowest BCUT2D eigenvalue weighted by Gasteiger charge is -2.20. The minimum Gasteiger partial charge on any atom is -0.481 e. The van der Waals surface area contributed by atoms with E-state index in [1.54, 1.807) is 45.9 Å². The maximum absolute atomic E-state index is 11.7. The Hall–Kier alpha value is -1.75. The lowest BCUT2D eigenvalue weighted by molar-refractivity contribution is -0.141. The number of ether oxygens (including phenoxy) is 1. The molecule has 1 aromatic rings. The Kier molecular flexibility index (Phi) is 5.61. The molecule has 1 rings (SSSR count). The van der Waals surface area contributed by atoms with Crippen LogP contribution in [-0.4, -0.2) is 22.8 Å². The number of anilines is 1. The van der Waals surface area contributed by atoms with Crippen LogP contribution in [0.5, 0.6) is 0 Å². The van der Waals surface area contributed by atoms with Crippen LogP contribution in [-0.2, 0) is 16.0 Å². The number of hydrogen-bond acceptors (Lipinski definition) is 3. The van der Waals surface area contributed by atoms with Crippen LogP contribution in [0.3, 0.4) is 0 Å². The minimum absolute atomic E-state index is 0.290. The van der Waals surface area contributed by atoms with Gasteiger partial charge in [0, 0.05) is 10.7 Å². The Morgan fingerprint density at radius 3 is 2.52 bits per heavy atom. The van der Waals surface area contributed by atoms with Crippen molar-refractivity contribution in [3.05, 3.63) is 28.8 Å². The monoisotopic (exact) mass is 313 g/mol. The summed E-state index contributed by atoms with van der Waals surface area (Å²) in [7, 11) is 0. The summed E-state index contributed by atoms with van der Waals surface area (Å²) < 4.78 is 5.15. The van der Waals surface area contributed by atoms with Crippen molar-refractivity contribution in [2.24, 2.45) is 5.92 Å². The molecule has 0 saturated carbocycles. The maximum atomic E-state index is 11.7. The predicted octanol–water partition coefficient (Wildman–Crippen LogP) is 3.95. The van der Waals surface area contributed by atoms with Gasteiger partial charge < -0.3 is 9.84 Å². The number of benzene rings is 1. The van der Waals surface area contributed by atoms with Gasteiger partial charge in [0.1, 0.15) is 5.60 Å². The first-order valence-electron chi connectivity index (χ1n) is 6.59. The van der Waals surface area contributed by atoms with Crippen molar-refractivity contribution < 1.29 is 19.4 Å². The zero-order valence-electron chi connectivity index (χ0n) is 12.6. The van der Waals surface area contributed by atoms with Crippen molar-refractivity contribution in [1.82, 2.24) is 0 Å². The van der Waals surface area contributed by atoms with E-state index in [1.165, 1.54) is 0 Å². The standard InChI is InChI=1S/C15H20ClNO4/c1-9(13(18)19)7-10-8-11(5-6-12(10)16)17-14(20)21-15(2,3)4/h5-6,8-9H,7H2,1-4H3,(H,17,20)(H,18,19). The quantitative estimate of drug-likeness (QED) is 0.882. The summed E-state index contributed by atoms with van der Waals surface area (Å²) in [4.78, 5) is 22.6. The van der Waals surface area contributed by atoms with Crippen LogP contribution in [0.4, 0.5) is 10.5 Å². The molecule has 0 saturated heterocycles. The molecule has 0 spiro atoms. The Morgan fingerprint density at radius 1 is 1.38 bits per heavy atom. The van der Waals surface area contributed by atoms with Gasteiger partial charge in [0.25, 0.3) is 0 Å². The van der Waals surface area contributed by atoms with Gasteiger partial charge in [-0.15, -0.1) is 0 Å². The van der Waals surface area contributed by atoms with Crippen LogP contribution >= 0.6 is 11.6 Å². The van der Waals surface area contributed by atoms with Gasteiger partial charge >= 0.3 is 12.1 Å². The smallest absolute Gasteiger partial charge is 0.412 e. The maximum Gasteiger partial charge on any atom is 0.412 e. The number of carbonyl (C=O) groups is 2. The Balaban J connectivity index is 2.82. The highest BCUT2D eigenvalue weighted by molar-refractivity contribution is 6.31. The van der Waals surface area contributed by atoms with Crippen LogP contribution in [0, 0.1) is 5.92 Å². The normalized spacial score (nSPS) is 12.6. The molecule has 116 valence electrons. The molecule has 1 unspecified atom stereocenters. The number of carboxylic acids is 1. The van der Waals surface area contributed by atoms with Gasteiger partial charge in [0.2, 0.25) is 0 Å². The molecule has 6 heteroatoms. The zero-order chi connectivity index (χ0) is 16.2. The van der Waals surface area contributed by atoms with Crippen molar-refractivity contribution in [3.8, 4) is 0 Å². The topological polar surface area (TPSA) is 75.6 Å². The summed E-state index contributed by atoms with van der Waals surface area (Å²) in [6, 6.07) is 4.92. The second kappa shape index (κ2) is 6.80. The molecule has 5 nitrogen and oxygen atoms in total. The summed E-state index contributed by atoms with van der Waals surface area (Å²) in [5, 5.41) is 12.0. The van der Waals surface area contributed by atoms with Crippen molar-refractivity contribution in [2.45, 2.75) is 39.7 Å². The molecule has 0 fully saturated rings. The Labute approximate surface area is 129 Å². The highest BCUT2D eigenvalue weighted by Crippen LogP contribution is 2.24. The number of hydrogen-bond donors (Lipinski definition) is 2. The van der Waals surface area contributed by atoms with Crippen LogP contribution < -0.4 is 5.32 Å². The largest absolute Gasteiger partial charge is 0.481 e. The summed E-state index contributed by atoms with van der Waals surface area (Å²) in [5.74, 6) is -1.45. The minimum atomic E-state index is -0.892. The summed E-state index contributed by atoms with van der Waals surface area (Å²) >= 11 is 6.05. The number of nitrogens with one attached hydrogen (secondary N) is 1. The van der Waals surface area contributed by atoms with E-state index in [2.05, 4.69) is 5.32 Å². The van der Waals surface area contributed by atoms with Crippen LogP contribution in [0.15, 0.2) is 18.2 Å². The van der Waals surface area contributed by atoms with Gasteiger partial charge in [-0.1, -0.05) is 18.5 Å². The molecule has 1 aromatic carbocycles. The molecule has 0 aliphatic rings. The second-order valence-electron chi connectivity index (χ2n) is 5.88. The van der Waals surface area contributed by atoms with E-state index < -0.39 is 23.6 Å². The van der Waals surface area contributed by atoms with Crippen molar-refractivity contribution >= 4 is 29.4 Å². The fourth-order valence-electron chi connectivity index (χ4n) is 1.65. The third kappa shape index (κ3) is 6.04. The molecule has 0 aromatic heterocycles. The van der Waals surface area contributed by atoms with E-state index in [1.807, 2.05) is 0 Å². The summed E-state index contributed by atoms with van der Waals surface area (Å²) in [6.07, 6.45) is -0.278. The fourth-order valence-corrected chi connectivity index (χ4v) is 1.84. The van der Waals surface area contributed by atoms with Crippen LogP contribution in [0.25, 0.3) is 0 Å². The second-order valence-corrected chi connectivity index (χ2v) is 6.28. The van der Waals surface area contributed by atoms with Gasteiger partial charge in [-0.3, -0.25) is 10.1 Å². The average Bonchev–Trinajstić information content (AvgIpc) is 2.30. The average molecular weight is 314 g/mol. The third-order valence-corrected chi connectivity index (χ3v) is 3.01. The van der Waals surface area contributed by atoms with Gasteiger partial charge in [0.05, 0.1) is 5.92 Å². The first-order valence-corrected chi connectivity index (χ1v) is 6.97. The molecule has 0 aliphatic carbocycles. The fraction of sp³-hybridized carbons (Fsp3) is 0.467. The SMILES string of the molecule is CC(Cc1cc(NC(=O)OC(C)(C)C)ccc1Cl)C(=O)O. The lowest BCUT2D eigenvalue weighted by Crippen LogP contribution is -2.27. The molecule has 1 amide bonds. The highest BCUT2D eigenvalue weighted by Gasteiger charge is 2.17. The van der Waals surface area contributed by atoms with Gasteiger partial charge in [-0.2, -0.15) is 0 Å². The molecule has 21 heavy (non-hydrogen) atoms. The number of rotatable bonds is 4. The third-order valence-electron chi connectivity index (χ3n) is 2.64. The first kappa shape index (κ1) is 17.3. The van der Waals surface area contributed by atoms with Crippen molar-refractivity contribution in [1.29, 1.82) is 0 Å². The van der Waals surface area contributed by atoms with Gasteiger partial charge in [0.15, 0.2) is 0 Å². The van der Waals surface area contributed by atoms with E-state index in [0.717, 1.165) is 0 Å². The van der Waals surface area contributed by atoms with Gasteiger partial charge in [-0.05, 0) is 51.0 Å². The molecular formula is C15H20ClNO4. The number of carboxylic acid groups (broad SMARTS) is 1. The van der Waals surface area contributed by atoms with E-state index in [-0.39, 0.29) is 6.42 Å². The summed E-state index contributed by atoms with van der Waals surface area (Å²) in [5.41, 5.74) is 0.596. The highest BCUT2D eigenvalue weighted by atomic mass is 35.5. The molecular weight excluding hydrogens is 294 g/mol. The molecule has 0 radical (unpaired) electrons. The Morgan fingerprint density at radius 2 is 2.00 bits per heavy atom. The number of aliphatic carboxylic acids is 1.